The molecular weight excluding hydrogens is 320 g/mol. The molecule has 0 unspecified atom stereocenters. The van der Waals surface area contributed by atoms with Crippen LogP contribution < -0.4 is 0 Å². The summed E-state index contributed by atoms with van der Waals surface area (Å²) >= 11 is 0. The van der Waals surface area contributed by atoms with Crippen molar-refractivity contribution < 1.29 is 26.8 Å². The van der Waals surface area contributed by atoms with Crippen molar-refractivity contribution in [2.45, 2.75) is 49.9 Å². The SMILES string of the molecule is COCO[C@H]1C[C@@H](COS(=O)(=O)c2ccc(C)cc2)O[C@@H](C)C1. The molecule has 0 spiro atoms. The molecule has 1 aromatic rings. The van der Waals surface area contributed by atoms with Crippen LogP contribution in [0.25, 0.3) is 0 Å². The molecule has 1 aliphatic rings. The Morgan fingerprint density at radius 2 is 1.91 bits per heavy atom. The van der Waals surface area contributed by atoms with Crippen LogP contribution in [0.4, 0.5) is 0 Å². The van der Waals surface area contributed by atoms with Gasteiger partial charge in [-0.3, -0.25) is 4.18 Å². The van der Waals surface area contributed by atoms with Gasteiger partial charge in [0.05, 0.1) is 29.8 Å². The molecule has 2 rings (SSSR count). The summed E-state index contributed by atoms with van der Waals surface area (Å²) in [7, 11) is -2.21. The van der Waals surface area contributed by atoms with Gasteiger partial charge in [-0.05, 0) is 32.4 Å². The smallest absolute Gasteiger partial charge is 0.297 e. The largest absolute Gasteiger partial charge is 0.373 e. The second kappa shape index (κ2) is 8.21. The molecule has 1 fully saturated rings. The zero-order valence-electron chi connectivity index (χ0n) is 13.7. The minimum absolute atomic E-state index is 0.0127. The summed E-state index contributed by atoms with van der Waals surface area (Å²) in [6, 6.07) is 6.56. The van der Waals surface area contributed by atoms with Gasteiger partial charge in [-0.2, -0.15) is 8.42 Å². The van der Waals surface area contributed by atoms with Crippen LogP contribution in [0, 0.1) is 6.92 Å². The van der Waals surface area contributed by atoms with Gasteiger partial charge in [0.15, 0.2) is 0 Å². The van der Waals surface area contributed by atoms with E-state index >= 15 is 0 Å². The minimum atomic E-state index is -3.77. The molecule has 0 N–H and O–H groups in total. The highest BCUT2D eigenvalue weighted by atomic mass is 32.2. The van der Waals surface area contributed by atoms with Crippen molar-refractivity contribution in [2.24, 2.45) is 0 Å². The summed E-state index contributed by atoms with van der Waals surface area (Å²) in [5.41, 5.74) is 0.992. The van der Waals surface area contributed by atoms with E-state index in [-0.39, 0.29) is 36.6 Å². The normalized spacial score (nSPS) is 25.4. The molecule has 1 heterocycles. The maximum absolute atomic E-state index is 12.2. The van der Waals surface area contributed by atoms with Crippen molar-refractivity contribution in [1.29, 1.82) is 0 Å². The number of methoxy groups -OCH3 is 1. The maximum Gasteiger partial charge on any atom is 0.297 e. The Morgan fingerprint density at radius 3 is 2.57 bits per heavy atom. The van der Waals surface area contributed by atoms with Crippen molar-refractivity contribution in [3.05, 3.63) is 29.8 Å². The van der Waals surface area contributed by atoms with E-state index in [4.69, 9.17) is 18.4 Å². The average Bonchev–Trinajstić information content (AvgIpc) is 2.51. The van der Waals surface area contributed by atoms with Gasteiger partial charge >= 0.3 is 0 Å². The molecule has 0 amide bonds. The van der Waals surface area contributed by atoms with E-state index in [1.54, 1.807) is 31.4 Å². The van der Waals surface area contributed by atoms with Gasteiger partial charge in [-0.1, -0.05) is 17.7 Å². The third kappa shape index (κ3) is 5.54. The van der Waals surface area contributed by atoms with E-state index in [0.717, 1.165) is 12.0 Å². The lowest BCUT2D eigenvalue weighted by Gasteiger charge is -2.33. The van der Waals surface area contributed by atoms with Crippen molar-refractivity contribution in [3.63, 3.8) is 0 Å². The molecule has 23 heavy (non-hydrogen) atoms. The second-order valence-electron chi connectivity index (χ2n) is 5.79. The van der Waals surface area contributed by atoms with E-state index in [1.165, 1.54) is 0 Å². The summed E-state index contributed by atoms with van der Waals surface area (Å²) in [5.74, 6) is 0. The molecule has 0 aromatic heterocycles. The fraction of sp³-hybridized carbons (Fsp3) is 0.625. The molecular formula is C16H24O6S. The zero-order valence-corrected chi connectivity index (χ0v) is 14.5. The zero-order chi connectivity index (χ0) is 16.9. The molecule has 130 valence electrons. The van der Waals surface area contributed by atoms with E-state index in [2.05, 4.69) is 0 Å². The fourth-order valence-corrected chi connectivity index (χ4v) is 3.48. The summed E-state index contributed by atoms with van der Waals surface area (Å²) in [6.07, 6.45) is 0.985. The highest BCUT2D eigenvalue weighted by Crippen LogP contribution is 2.23. The van der Waals surface area contributed by atoms with Crippen molar-refractivity contribution in [2.75, 3.05) is 20.5 Å². The molecule has 0 radical (unpaired) electrons. The maximum atomic E-state index is 12.2. The Bertz CT molecular complexity index is 583. The van der Waals surface area contributed by atoms with Gasteiger partial charge in [0, 0.05) is 13.5 Å². The topological polar surface area (TPSA) is 71.1 Å². The molecule has 7 heteroatoms. The number of hydrogen-bond acceptors (Lipinski definition) is 6. The van der Waals surface area contributed by atoms with E-state index in [9.17, 15) is 8.42 Å². The van der Waals surface area contributed by atoms with Gasteiger partial charge in [0.1, 0.15) is 6.79 Å². The summed E-state index contributed by atoms with van der Waals surface area (Å²) in [4.78, 5) is 0.152. The van der Waals surface area contributed by atoms with E-state index in [1.807, 2.05) is 13.8 Å². The van der Waals surface area contributed by atoms with Crippen LogP contribution in [0.5, 0.6) is 0 Å². The first-order chi connectivity index (χ1) is 10.9. The van der Waals surface area contributed by atoms with E-state index < -0.39 is 10.1 Å². The molecule has 1 saturated heterocycles. The van der Waals surface area contributed by atoms with Crippen LogP contribution in [0.15, 0.2) is 29.2 Å². The summed E-state index contributed by atoms with van der Waals surface area (Å²) in [5, 5.41) is 0. The molecule has 3 atom stereocenters. The second-order valence-corrected chi connectivity index (χ2v) is 7.40. The highest BCUT2D eigenvalue weighted by molar-refractivity contribution is 7.86. The molecule has 0 bridgehead atoms. The number of benzene rings is 1. The van der Waals surface area contributed by atoms with Crippen LogP contribution >= 0.6 is 0 Å². The number of rotatable bonds is 7. The molecule has 1 aliphatic heterocycles. The van der Waals surface area contributed by atoms with Crippen LogP contribution in [0.1, 0.15) is 25.3 Å². The standard InChI is InChI=1S/C16H24O6S/c1-12-4-6-16(7-5-12)23(17,18)21-10-15-9-14(20-11-19-3)8-13(2)22-15/h4-7,13-15H,8-11H2,1-3H3/t13-,14+,15-/m0/s1. The van der Waals surface area contributed by atoms with Crippen LogP contribution in [0.2, 0.25) is 0 Å². The van der Waals surface area contributed by atoms with Crippen molar-refractivity contribution in [1.82, 2.24) is 0 Å². The molecule has 6 nitrogen and oxygen atoms in total. The first kappa shape index (κ1) is 18.4. The Hall–Kier alpha value is -0.990. The lowest BCUT2D eigenvalue weighted by molar-refractivity contribution is -0.149. The fourth-order valence-electron chi connectivity index (χ4n) is 2.55. The lowest BCUT2D eigenvalue weighted by Crippen LogP contribution is -2.38. The summed E-state index contributed by atoms with van der Waals surface area (Å²) < 4.78 is 45.7. The highest BCUT2D eigenvalue weighted by Gasteiger charge is 2.29. The monoisotopic (exact) mass is 344 g/mol. The van der Waals surface area contributed by atoms with Crippen LogP contribution in [-0.4, -0.2) is 47.2 Å². The Kier molecular flexibility index (Phi) is 6.55. The average molecular weight is 344 g/mol. The van der Waals surface area contributed by atoms with Crippen LogP contribution in [0.3, 0.4) is 0 Å². The summed E-state index contributed by atoms with van der Waals surface area (Å²) in [6.45, 7) is 4.03. The molecule has 0 aliphatic carbocycles. The van der Waals surface area contributed by atoms with Crippen molar-refractivity contribution >= 4 is 10.1 Å². The number of aryl methyl sites for hydroxylation is 1. The Balaban J connectivity index is 1.92. The van der Waals surface area contributed by atoms with Gasteiger partial charge in [0.25, 0.3) is 10.1 Å². The third-order valence-corrected chi connectivity index (χ3v) is 4.98. The Labute approximate surface area is 137 Å². The first-order valence-corrected chi connectivity index (χ1v) is 9.03. The predicted octanol–water partition coefficient (Wildman–Crippen LogP) is 2.26. The molecule has 1 aromatic carbocycles. The quantitative estimate of drug-likeness (QED) is 0.558. The first-order valence-electron chi connectivity index (χ1n) is 7.63. The van der Waals surface area contributed by atoms with Gasteiger partial charge < -0.3 is 14.2 Å². The van der Waals surface area contributed by atoms with Gasteiger partial charge in [-0.25, -0.2) is 0 Å². The lowest BCUT2D eigenvalue weighted by atomic mass is 10.0. The predicted molar refractivity (Wildman–Crippen MR) is 84.6 cm³/mol. The Morgan fingerprint density at radius 1 is 1.22 bits per heavy atom. The number of ether oxygens (including phenoxy) is 3. The van der Waals surface area contributed by atoms with Crippen LogP contribution in [-0.2, 0) is 28.5 Å². The third-order valence-electron chi connectivity index (χ3n) is 3.69. The minimum Gasteiger partial charge on any atom is -0.373 e. The number of hydrogen-bond donors (Lipinski definition) is 0. The van der Waals surface area contributed by atoms with Gasteiger partial charge in [-0.15, -0.1) is 0 Å². The van der Waals surface area contributed by atoms with Crippen molar-refractivity contribution in [3.8, 4) is 0 Å². The van der Waals surface area contributed by atoms with Gasteiger partial charge in [0.2, 0.25) is 0 Å². The molecule has 0 saturated carbocycles. The van der Waals surface area contributed by atoms with E-state index in [0.29, 0.717) is 6.42 Å².